The zero-order valence-electron chi connectivity index (χ0n) is 17.5. The summed E-state index contributed by atoms with van der Waals surface area (Å²) in [5, 5.41) is 5.24. The molecule has 2 amide bonds. The molecular weight excluding hydrogens is 434 g/mol. The number of aryl methyl sites for hydroxylation is 1. The van der Waals surface area contributed by atoms with Crippen LogP contribution in [0.3, 0.4) is 0 Å². The number of methoxy groups -OCH3 is 1. The molecule has 0 aliphatic rings. The first-order valence-electron chi connectivity index (χ1n) is 9.67. The van der Waals surface area contributed by atoms with E-state index < -0.39 is 21.8 Å². The Bertz CT molecular complexity index is 1190. The van der Waals surface area contributed by atoms with Crippen molar-refractivity contribution in [2.45, 2.75) is 11.8 Å². The molecule has 0 saturated carbocycles. The minimum atomic E-state index is -4.01. The zero-order chi connectivity index (χ0) is 23.1. The molecule has 0 atom stereocenters. The monoisotopic (exact) mass is 457 g/mol. The molecule has 168 valence electrons. The van der Waals surface area contributed by atoms with Gasteiger partial charge in [0.1, 0.15) is 10.6 Å². The number of benzene rings is 2. The molecule has 0 aliphatic carbocycles. The summed E-state index contributed by atoms with van der Waals surface area (Å²) >= 11 is 0. The third-order valence-corrected chi connectivity index (χ3v) is 5.86. The molecule has 0 spiro atoms. The summed E-state index contributed by atoms with van der Waals surface area (Å²) in [5.41, 5.74) is 1.51. The van der Waals surface area contributed by atoms with Gasteiger partial charge in [-0.2, -0.15) is 0 Å². The van der Waals surface area contributed by atoms with E-state index in [2.05, 4.69) is 15.4 Å². The molecule has 10 heteroatoms. The number of rotatable bonds is 9. The summed E-state index contributed by atoms with van der Waals surface area (Å²) < 4.78 is 38.5. The molecular formula is C22H23N3O6S. The van der Waals surface area contributed by atoms with Crippen molar-refractivity contribution in [2.75, 3.05) is 24.9 Å². The summed E-state index contributed by atoms with van der Waals surface area (Å²) in [6.07, 6.45) is 1.39. The number of anilines is 1. The minimum absolute atomic E-state index is 0.104. The molecule has 1 aromatic heterocycles. The number of carbonyl (C=O) groups is 2. The second-order valence-electron chi connectivity index (χ2n) is 6.83. The predicted molar refractivity (Wildman–Crippen MR) is 118 cm³/mol. The summed E-state index contributed by atoms with van der Waals surface area (Å²) in [6.45, 7) is 2.20. The van der Waals surface area contributed by atoms with Crippen LogP contribution in [0, 0.1) is 6.92 Å². The van der Waals surface area contributed by atoms with Crippen molar-refractivity contribution in [2.24, 2.45) is 0 Å². The van der Waals surface area contributed by atoms with E-state index in [1.165, 1.54) is 37.6 Å². The van der Waals surface area contributed by atoms with Crippen LogP contribution in [0.4, 0.5) is 5.69 Å². The standard InChI is InChI=1S/C22H23N3O6S/c1-15-5-8-17(9-6-15)25-32(28,29)20-14-16(7-10-18(20)30-2)21(26)23-11-12-24-22(27)19-4-3-13-31-19/h3-10,13-14,25H,11-12H2,1-2H3,(H,23,26)(H,24,27). The highest BCUT2D eigenvalue weighted by Crippen LogP contribution is 2.27. The molecule has 2 aromatic carbocycles. The van der Waals surface area contributed by atoms with Crippen molar-refractivity contribution < 1.29 is 27.2 Å². The van der Waals surface area contributed by atoms with E-state index in [-0.39, 0.29) is 35.1 Å². The molecule has 9 nitrogen and oxygen atoms in total. The highest BCUT2D eigenvalue weighted by atomic mass is 32.2. The van der Waals surface area contributed by atoms with Crippen molar-refractivity contribution in [3.8, 4) is 5.75 Å². The maximum atomic E-state index is 12.9. The van der Waals surface area contributed by atoms with E-state index in [0.29, 0.717) is 5.69 Å². The molecule has 0 aliphatic heterocycles. The Morgan fingerprint density at radius 1 is 0.969 bits per heavy atom. The first-order valence-corrected chi connectivity index (χ1v) is 11.2. The van der Waals surface area contributed by atoms with E-state index in [1.807, 2.05) is 6.92 Å². The first-order chi connectivity index (χ1) is 15.3. The van der Waals surface area contributed by atoms with Gasteiger partial charge in [0, 0.05) is 24.3 Å². The number of sulfonamides is 1. The molecule has 1 heterocycles. The number of furan rings is 1. The van der Waals surface area contributed by atoms with Crippen LogP contribution in [0.15, 0.2) is 70.2 Å². The Morgan fingerprint density at radius 2 is 1.66 bits per heavy atom. The highest BCUT2D eigenvalue weighted by molar-refractivity contribution is 7.92. The average molecular weight is 458 g/mol. The van der Waals surface area contributed by atoms with Gasteiger partial charge < -0.3 is 19.8 Å². The molecule has 0 saturated heterocycles. The highest BCUT2D eigenvalue weighted by Gasteiger charge is 2.22. The fourth-order valence-electron chi connectivity index (χ4n) is 2.81. The Kier molecular flexibility index (Phi) is 7.16. The predicted octanol–water partition coefficient (Wildman–Crippen LogP) is 2.56. The lowest BCUT2D eigenvalue weighted by Crippen LogP contribution is -2.34. The van der Waals surface area contributed by atoms with E-state index in [1.54, 1.807) is 30.3 Å². The third-order valence-electron chi connectivity index (χ3n) is 4.46. The van der Waals surface area contributed by atoms with Crippen LogP contribution in [0.2, 0.25) is 0 Å². The Balaban J connectivity index is 1.67. The number of hydrogen-bond acceptors (Lipinski definition) is 6. The van der Waals surface area contributed by atoms with Crippen LogP contribution in [-0.2, 0) is 10.0 Å². The van der Waals surface area contributed by atoms with Gasteiger partial charge in [0.25, 0.3) is 21.8 Å². The molecule has 3 aromatic rings. The largest absolute Gasteiger partial charge is 0.495 e. The van der Waals surface area contributed by atoms with Gasteiger partial charge >= 0.3 is 0 Å². The van der Waals surface area contributed by atoms with Crippen molar-refractivity contribution in [3.05, 3.63) is 77.7 Å². The summed E-state index contributed by atoms with van der Waals surface area (Å²) in [7, 11) is -2.66. The molecule has 32 heavy (non-hydrogen) atoms. The van der Waals surface area contributed by atoms with E-state index in [9.17, 15) is 18.0 Å². The lowest BCUT2D eigenvalue weighted by Gasteiger charge is -2.13. The molecule has 0 fully saturated rings. The van der Waals surface area contributed by atoms with Gasteiger partial charge in [-0.25, -0.2) is 8.42 Å². The second-order valence-corrected chi connectivity index (χ2v) is 8.48. The first kappa shape index (κ1) is 22.9. The van der Waals surface area contributed by atoms with Gasteiger partial charge in [0.15, 0.2) is 5.76 Å². The van der Waals surface area contributed by atoms with Crippen molar-refractivity contribution in [3.63, 3.8) is 0 Å². The van der Waals surface area contributed by atoms with Crippen molar-refractivity contribution in [1.29, 1.82) is 0 Å². The third kappa shape index (κ3) is 5.67. The minimum Gasteiger partial charge on any atom is -0.495 e. The smallest absolute Gasteiger partial charge is 0.287 e. The fraction of sp³-hybridized carbons (Fsp3) is 0.182. The van der Waals surface area contributed by atoms with Crippen molar-refractivity contribution >= 4 is 27.5 Å². The number of ether oxygens (including phenoxy) is 1. The van der Waals surface area contributed by atoms with Gasteiger partial charge in [-0.05, 0) is 49.4 Å². The van der Waals surface area contributed by atoms with Crippen LogP contribution in [0.25, 0.3) is 0 Å². The SMILES string of the molecule is COc1ccc(C(=O)NCCNC(=O)c2ccco2)cc1S(=O)(=O)Nc1ccc(C)cc1. The topological polar surface area (TPSA) is 127 Å². The van der Waals surface area contributed by atoms with Crippen LogP contribution in [0.5, 0.6) is 5.75 Å². The van der Waals surface area contributed by atoms with Gasteiger partial charge in [0.2, 0.25) is 0 Å². The van der Waals surface area contributed by atoms with Gasteiger partial charge in [0.05, 0.1) is 13.4 Å². The second kappa shape index (κ2) is 10.0. The zero-order valence-corrected chi connectivity index (χ0v) is 18.4. The number of nitrogens with one attached hydrogen (secondary N) is 3. The lowest BCUT2D eigenvalue weighted by atomic mass is 10.2. The lowest BCUT2D eigenvalue weighted by molar-refractivity contribution is 0.0910. The number of hydrogen-bond donors (Lipinski definition) is 3. The normalized spacial score (nSPS) is 10.9. The maximum Gasteiger partial charge on any atom is 0.287 e. The molecule has 0 radical (unpaired) electrons. The molecule has 3 N–H and O–H groups in total. The number of amides is 2. The van der Waals surface area contributed by atoms with Crippen LogP contribution in [-0.4, -0.2) is 40.4 Å². The van der Waals surface area contributed by atoms with E-state index >= 15 is 0 Å². The molecule has 3 rings (SSSR count). The number of carbonyl (C=O) groups excluding carboxylic acids is 2. The van der Waals surface area contributed by atoms with Crippen LogP contribution >= 0.6 is 0 Å². The quantitative estimate of drug-likeness (QED) is 0.424. The summed E-state index contributed by atoms with van der Waals surface area (Å²) in [6, 6.07) is 14.1. The molecule has 0 bridgehead atoms. The van der Waals surface area contributed by atoms with Crippen LogP contribution < -0.4 is 20.1 Å². The maximum absolute atomic E-state index is 12.9. The van der Waals surface area contributed by atoms with E-state index in [0.717, 1.165) is 5.56 Å². The van der Waals surface area contributed by atoms with Gasteiger partial charge in [-0.3, -0.25) is 14.3 Å². The molecule has 0 unspecified atom stereocenters. The Labute approximate surface area is 185 Å². The Morgan fingerprint density at radius 3 is 2.28 bits per heavy atom. The summed E-state index contributed by atoms with van der Waals surface area (Å²) in [5.74, 6) is -0.620. The van der Waals surface area contributed by atoms with Crippen LogP contribution in [0.1, 0.15) is 26.5 Å². The summed E-state index contributed by atoms with van der Waals surface area (Å²) in [4.78, 5) is 24.1. The fourth-order valence-corrected chi connectivity index (χ4v) is 4.06. The average Bonchev–Trinajstić information content (AvgIpc) is 3.32. The van der Waals surface area contributed by atoms with Crippen molar-refractivity contribution in [1.82, 2.24) is 10.6 Å². The Hall–Kier alpha value is -3.79. The van der Waals surface area contributed by atoms with E-state index in [4.69, 9.17) is 9.15 Å². The van der Waals surface area contributed by atoms with Gasteiger partial charge in [-0.15, -0.1) is 0 Å². The van der Waals surface area contributed by atoms with Gasteiger partial charge in [-0.1, -0.05) is 17.7 Å².